The molecule has 0 saturated carbocycles. The molecule has 0 fully saturated rings. The van der Waals surface area contributed by atoms with Gasteiger partial charge in [-0.1, -0.05) is 12.1 Å². The molecule has 0 aromatic heterocycles. The van der Waals surface area contributed by atoms with Crippen molar-refractivity contribution in [3.05, 3.63) is 29.8 Å². The average molecular weight is 267 g/mol. The van der Waals surface area contributed by atoms with E-state index in [1.54, 1.807) is 0 Å². The fourth-order valence-electron chi connectivity index (χ4n) is 1.78. The maximum atomic E-state index is 9.26. The number of ether oxygens (including phenoxy) is 1. The number of aliphatic hydroxyl groups excluding tert-OH is 2. The number of unbranched alkanes of at least 4 members (excludes halogenated alkanes) is 1. The predicted octanol–water partition coefficient (Wildman–Crippen LogP) is 1.70. The van der Waals surface area contributed by atoms with Crippen LogP contribution in [-0.2, 0) is 6.61 Å². The molecule has 0 aliphatic rings. The molecule has 4 heteroatoms. The number of nitrogens with one attached hydrogen (secondary N) is 1. The van der Waals surface area contributed by atoms with Gasteiger partial charge in [-0.2, -0.15) is 0 Å². The molecule has 0 bridgehead atoms. The molecule has 0 saturated heterocycles. The van der Waals surface area contributed by atoms with Crippen LogP contribution in [0.25, 0.3) is 0 Å². The lowest BCUT2D eigenvalue weighted by molar-refractivity contribution is 0.168. The van der Waals surface area contributed by atoms with Crippen molar-refractivity contribution in [3.63, 3.8) is 0 Å². The highest BCUT2D eigenvalue weighted by Gasteiger charge is 2.19. The molecule has 3 N–H and O–H groups in total. The van der Waals surface area contributed by atoms with E-state index in [-0.39, 0.29) is 18.8 Å². The first-order valence-corrected chi connectivity index (χ1v) is 6.76. The van der Waals surface area contributed by atoms with E-state index in [0.717, 1.165) is 30.6 Å². The average Bonchev–Trinajstić information content (AvgIpc) is 2.47. The zero-order chi connectivity index (χ0) is 14.1. The number of hydrogen-bond acceptors (Lipinski definition) is 4. The summed E-state index contributed by atoms with van der Waals surface area (Å²) in [6, 6.07) is 7.46. The summed E-state index contributed by atoms with van der Waals surface area (Å²) in [5.74, 6) is 0.829. The molecule has 0 amide bonds. The Morgan fingerprint density at radius 2 is 1.84 bits per heavy atom. The highest BCUT2D eigenvalue weighted by molar-refractivity contribution is 5.26. The Balaban J connectivity index is 2.20. The minimum atomic E-state index is -0.192. The first-order chi connectivity index (χ1) is 9.13. The maximum Gasteiger partial charge on any atom is 0.119 e. The Hall–Kier alpha value is -1.10. The Bertz CT molecular complexity index is 347. The van der Waals surface area contributed by atoms with E-state index in [1.165, 1.54) is 0 Å². The van der Waals surface area contributed by atoms with Crippen LogP contribution in [-0.4, -0.2) is 36.0 Å². The van der Waals surface area contributed by atoms with Crippen molar-refractivity contribution < 1.29 is 14.9 Å². The summed E-state index contributed by atoms with van der Waals surface area (Å²) in [6.07, 6.45) is 2.89. The van der Waals surface area contributed by atoms with Gasteiger partial charge in [-0.05, 0) is 50.9 Å². The molecule has 0 spiro atoms. The number of rotatable bonds is 9. The lowest BCUT2D eigenvalue weighted by atomic mass is 9.96. The molecule has 19 heavy (non-hydrogen) atoms. The topological polar surface area (TPSA) is 61.7 Å². The summed E-state index contributed by atoms with van der Waals surface area (Å²) in [6.45, 7) is 2.89. The Morgan fingerprint density at radius 3 is 2.37 bits per heavy atom. The van der Waals surface area contributed by atoms with Crippen LogP contribution in [0, 0.1) is 0 Å². The minimum Gasteiger partial charge on any atom is -0.494 e. The predicted molar refractivity (Wildman–Crippen MR) is 76.3 cm³/mol. The van der Waals surface area contributed by atoms with E-state index in [2.05, 4.69) is 5.32 Å². The van der Waals surface area contributed by atoms with Crippen molar-refractivity contribution >= 4 is 0 Å². The standard InChI is InChI=1S/C15H25NO3/c1-15(12-18,16-2)9-3-4-10-19-14-7-5-13(11-17)6-8-14/h5-8,16-18H,3-4,9-12H2,1-2H3. The highest BCUT2D eigenvalue weighted by atomic mass is 16.5. The second-order valence-electron chi connectivity index (χ2n) is 5.08. The molecule has 1 atom stereocenters. The Kier molecular flexibility index (Phi) is 6.84. The van der Waals surface area contributed by atoms with Crippen molar-refractivity contribution in [1.82, 2.24) is 5.32 Å². The van der Waals surface area contributed by atoms with Crippen molar-refractivity contribution in [3.8, 4) is 5.75 Å². The smallest absolute Gasteiger partial charge is 0.119 e. The summed E-state index contributed by atoms with van der Waals surface area (Å²) < 4.78 is 5.62. The number of likely N-dealkylation sites (N-methyl/N-ethyl adjacent to an activating group) is 1. The van der Waals surface area contributed by atoms with E-state index in [0.29, 0.717) is 6.61 Å². The van der Waals surface area contributed by atoms with Gasteiger partial charge in [-0.15, -0.1) is 0 Å². The van der Waals surface area contributed by atoms with E-state index in [9.17, 15) is 5.11 Å². The highest BCUT2D eigenvalue weighted by Crippen LogP contribution is 2.15. The van der Waals surface area contributed by atoms with E-state index >= 15 is 0 Å². The van der Waals surface area contributed by atoms with E-state index in [1.807, 2.05) is 38.2 Å². The molecule has 1 aromatic rings. The van der Waals surface area contributed by atoms with Crippen LogP contribution >= 0.6 is 0 Å². The summed E-state index contributed by atoms with van der Waals surface area (Å²) in [4.78, 5) is 0. The number of aliphatic hydroxyl groups is 2. The second kappa shape index (κ2) is 8.15. The van der Waals surface area contributed by atoms with Gasteiger partial charge in [0.15, 0.2) is 0 Å². The van der Waals surface area contributed by atoms with Crippen LogP contribution in [0.5, 0.6) is 5.75 Å². The molecular weight excluding hydrogens is 242 g/mol. The third-order valence-corrected chi connectivity index (χ3v) is 3.45. The molecular formula is C15H25NO3. The molecule has 4 nitrogen and oxygen atoms in total. The zero-order valence-electron chi connectivity index (χ0n) is 11.9. The van der Waals surface area contributed by atoms with Gasteiger partial charge in [-0.25, -0.2) is 0 Å². The van der Waals surface area contributed by atoms with Crippen LogP contribution in [0.1, 0.15) is 31.7 Å². The van der Waals surface area contributed by atoms with Gasteiger partial charge >= 0.3 is 0 Å². The Morgan fingerprint density at radius 1 is 1.16 bits per heavy atom. The summed E-state index contributed by atoms with van der Waals surface area (Å²) in [5, 5.41) is 21.3. The van der Waals surface area contributed by atoms with Gasteiger partial charge in [0.1, 0.15) is 5.75 Å². The second-order valence-corrected chi connectivity index (χ2v) is 5.08. The minimum absolute atomic E-state index is 0.0596. The first kappa shape index (κ1) is 16.0. The number of benzene rings is 1. The zero-order valence-corrected chi connectivity index (χ0v) is 11.9. The van der Waals surface area contributed by atoms with Gasteiger partial charge < -0.3 is 20.3 Å². The fraction of sp³-hybridized carbons (Fsp3) is 0.600. The van der Waals surface area contributed by atoms with Crippen molar-refractivity contribution in [2.45, 2.75) is 38.3 Å². The first-order valence-electron chi connectivity index (χ1n) is 6.76. The fourth-order valence-corrected chi connectivity index (χ4v) is 1.78. The van der Waals surface area contributed by atoms with Gasteiger partial charge in [0.05, 0.1) is 19.8 Å². The lowest BCUT2D eigenvalue weighted by Gasteiger charge is -2.26. The third kappa shape index (κ3) is 5.59. The normalized spacial score (nSPS) is 14.1. The van der Waals surface area contributed by atoms with E-state index < -0.39 is 0 Å². The molecule has 0 heterocycles. The van der Waals surface area contributed by atoms with Gasteiger partial charge in [0, 0.05) is 5.54 Å². The molecule has 1 unspecified atom stereocenters. The van der Waals surface area contributed by atoms with Gasteiger partial charge in [0.2, 0.25) is 0 Å². The maximum absolute atomic E-state index is 9.26. The SMILES string of the molecule is CNC(C)(CO)CCCCOc1ccc(CO)cc1. The molecule has 0 aliphatic carbocycles. The summed E-state index contributed by atoms with van der Waals surface area (Å²) in [5.41, 5.74) is 0.697. The molecule has 1 rings (SSSR count). The summed E-state index contributed by atoms with van der Waals surface area (Å²) in [7, 11) is 1.87. The van der Waals surface area contributed by atoms with Crippen LogP contribution in [0.2, 0.25) is 0 Å². The molecule has 108 valence electrons. The van der Waals surface area contributed by atoms with Crippen molar-refractivity contribution in [1.29, 1.82) is 0 Å². The van der Waals surface area contributed by atoms with Crippen LogP contribution < -0.4 is 10.1 Å². The van der Waals surface area contributed by atoms with Gasteiger partial charge in [0.25, 0.3) is 0 Å². The van der Waals surface area contributed by atoms with E-state index in [4.69, 9.17) is 9.84 Å². The largest absolute Gasteiger partial charge is 0.494 e. The molecule has 1 aromatic carbocycles. The quantitative estimate of drug-likeness (QED) is 0.596. The lowest BCUT2D eigenvalue weighted by Crippen LogP contribution is -2.43. The summed E-state index contributed by atoms with van der Waals surface area (Å²) >= 11 is 0. The molecule has 0 aliphatic heterocycles. The van der Waals surface area contributed by atoms with Gasteiger partial charge in [-0.3, -0.25) is 0 Å². The monoisotopic (exact) mass is 267 g/mol. The third-order valence-electron chi connectivity index (χ3n) is 3.45. The van der Waals surface area contributed by atoms with Crippen LogP contribution in [0.4, 0.5) is 0 Å². The van der Waals surface area contributed by atoms with Crippen LogP contribution in [0.3, 0.4) is 0 Å². The molecule has 0 radical (unpaired) electrons. The number of hydrogen-bond donors (Lipinski definition) is 3. The van der Waals surface area contributed by atoms with Crippen molar-refractivity contribution in [2.75, 3.05) is 20.3 Å². The van der Waals surface area contributed by atoms with Crippen molar-refractivity contribution in [2.24, 2.45) is 0 Å². The van der Waals surface area contributed by atoms with Crippen LogP contribution in [0.15, 0.2) is 24.3 Å². The Labute approximate surface area is 115 Å².